The quantitative estimate of drug-likeness (QED) is 0.624. The predicted octanol–water partition coefficient (Wildman–Crippen LogP) is 2.95. The van der Waals surface area contributed by atoms with Gasteiger partial charge in [-0.2, -0.15) is 0 Å². The number of rotatable bonds is 7. The first-order valence-electron chi connectivity index (χ1n) is 7.06. The molecule has 0 unspecified atom stereocenters. The topological polar surface area (TPSA) is 59.8 Å². The Balaban J connectivity index is 1.85. The highest BCUT2D eigenvalue weighted by Crippen LogP contribution is 2.18. The van der Waals surface area contributed by atoms with Crippen molar-refractivity contribution in [3.05, 3.63) is 34.3 Å². The highest BCUT2D eigenvalue weighted by atomic mass is 32.2. The van der Waals surface area contributed by atoms with Gasteiger partial charge in [-0.05, 0) is 23.4 Å². The van der Waals surface area contributed by atoms with Crippen molar-refractivity contribution in [2.45, 2.75) is 25.5 Å². The van der Waals surface area contributed by atoms with Crippen molar-refractivity contribution in [3.8, 4) is 0 Å². The Morgan fingerprint density at radius 2 is 2.32 bits per heavy atom. The molecule has 22 heavy (non-hydrogen) atoms. The highest BCUT2D eigenvalue weighted by molar-refractivity contribution is 7.99. The van der Waals surface area contributed by atoms with Gasteiger partial charge in [0.2, 0.25) is 5.91 Å². The van der Waals surface area contributed by atoms with Crippen LogP contribution >= 0.6 is 23.1 Å². The van der Waals surface area contributed by atoms with E-state index in [2.05, 4.69) is 29.4 Å². The van der Waals surface area contributed by atoms with Gasteiger partial charge in [-0.1, -0.05) is 31.7 Å². The lowest BCUT2D eigenvalue weighted by molar-refractivity contribution is -0.116. The van der Waals surface area contributed by atoms with E-state index in [1.807, 2.05) is 29.1 Å². The van der Waals surface area contributed by atoms with Gasteiger partial charge < -0.3 is 9.88 Å². The standard InChI is InChI=1S/C15H20N4OS2/c1-11(2)10-22-15-18-17-13(19(15)3)9-16-14(20)7-6-12-5-4-8-21-12/h4-8,11H,9-10H2,1-3H3,(H,16,20)/b7-6+. The van der Waals surface area contributed by atoms with Crippen LogP contribution in [-0.4, -0.2) is 26.4 Å². The average Bonchev–Trinajstić information content (AvgIpc) is 3.11. The van der Waals surface area contributed by atoms with E-state index >= 15 is 0 Å². The highest BCUT2D eigenvalue weighted by Gasteiger charge is 2.10. The molecule has 0 atom stereocenters. The van der Waals surface area contributed by atoms with E-state index in [-0.39, 0.29) is 5.91 Å². The minimum absolute atomic E-state index is 0.132. The summed E-state index contributed by atoms with van der Waals surface area (Å²) in [4.78, 5) is 12.8. The number of carbonyl (C=O) groups is 1. The molecule has 0 aliphatic rings. The van der Waals surface area contributed by atoms with Crippen LogP contribution in [0.1, 0.15) is 24.5 Å². The number of hydrogen-bond acceptors (Lipinski definition) is 5. The van der Waals surface area contributed by atoms with Crippen molar-refractivity contribution in [1.29, 1.82) is 0 Å². The largest absolute Gasteiger partial charge is 0.345 e. The van der Waals surface area contributed by atoms with Gasteiger partial charge in [-0.25, -0.2) is 0 Å². The van der Waals surface area contributed by atoms with Crippen molar-refractivity contribution in [2.24, 2.45) is 13.0 Å². The normalized spacial score (nSPS) is 11.5. The molecule has 0 aliphatic heterocycles. The van der Waals surface area contributed by atoms with Crippen LogP contribution in [0.4, 0.5) is 0 Å². The summed E-state index contributed by atoms with van der Waals surface area (Å²) >= 11 is 3.28. The maximum atomic E-state index is 11.8. The molecule has 118 valence electrons. The lowest BCUT2D eigenvalue weighted by Crippen LogP contribution is -2.22. The third-order valence-electron chi connectivity index (χ3n) is 2.83. The second kappa shape index (κ2) is 8.14. The van der Waals surface area contributed by atoms with E-state index in [1.54, 1.807) is 29.2 Å². The number of aromatic nitrogens is 3. The number of nitrogens with zero attached hydrogens (tertiary/aromatic N) is 3. The van der Waals surface area contributed by atoms with E-state index in [0.29, 0.717) is 12.5 Å². The zero-order valence-corrected chi connectivity index (χ0v) is 14.6. The Morgan fingerprint density at radius 3 is 3.00 bits per heavy atom. The lowest BCUT2D eigenvalue weighted by Gasteiger charge is -2.05. The van der Waals surface area contributed by atoms with Crippen LogP contribution in [-0.2, 0) is 18.4 Å². The van der Waals surface area contributed by atoms with E-state index in [9.17, 15) is 4.79 Å². The first kappa shape index (κ1) is 16.8. The summed E-state index contributed by atoms with van der Waals surface area (Å²) in [7, 11) is 1.92. The molecule has 1 amide bonds. The molecule has 2 heterocycles. The van der Waals surface area contributed by atoms with E-state index in [1.165, 1.54) is 6.08 Å². The third kappa shape index (κ3) is 4.99. The average molecular weight is 336 g/mol. The van der Waals surface area contributed by atoms with Gasteiger partial charge in [0.15, 0.2) is 11.0 Å². The molecule has 0 bridgehead atoms. The molecule has 0 spiro atoms. The Morgan fingerprint density at radius 1 is 1.50 bits per heavy atom. The number of amides is 1. The second-order valence-electron chi connectivity index (χ2n) is 5.23. The molecule has 1 N–H and O–H groups in total. The fraction of sp³-hybridized carbons (Fsp3) is 0.400. The molecule has 0 saturated carbocycles. The van der Waals surface area contributed by atoms with E-state index in [0.717, 1.165) is 21.6 Å². The molecule has 2 rings (SSSR count). The van der Waals surface area contributed by atoms with Crippen LogP contribution in [0.25, 0.3) is 6.08 Å². The fourth-order valence-electron chi connectivity index (χ4n) is 1.63. The number of thioether (sulfide) groups is 1. The summed E-state index contributed by atoms with van der Waals surface area (Å²) < 4.78 is 1.93. The van der Waals surface area contributed by atoms with Gasteiger partial charge in [0.25, 0.3) is 0 Å². The molecule has 2 aromatic heterocycles. The van der Waals surface area contributed by atoms with Crippen LogP contribution in [0, 0.1) is 5.92 Å². The van der Waals surface area contributed by atoms with Gasteiger partial charge in [0, 0.05) is 23.8 Å². The molecular formula is C15H20N4OS2. The molecule has 0 radical (unpaired) electrons. The summed E-state index contributed by atoms with van der Waals surface area (Å²) in [6.07, 6.45) is 3.34. The maximum Gasteiger partial charge on any atom is 0.244 e. The Hall–Kier alpha value is -1.60. The Kier molecular flexibility index (Phi) is 6.21. The number of nitrogens with one attached hydrogen (secondary N) is 1. The van der Waals surface area contributed by atoms with Gasteiger partial charge in [-0.15, -0.1) is 21.5 Å². The predicted molar refractivity (Wildman–Crippen MR) is 91.8 cm³/mol. The summed E-state index contributed by atoms with van der Waals surface area (Å²) in [6.45, 7) is 4.72. The van der Waals surface area contributed by atoms with Crippen LogP contribution in [0.2, 0.25) is 0 Å². The molecule has 0 aliphatic carbocycles. The molecule has 0 aromatic carbocycles. The fourth-order valence-corrected chi connectivity index (χ4v) is 3.13. The summed E-state index contributed by atoms with van der Waals surface area (Å²) in [5.41, 5.74) is 0. The molecule has 0 saturated heterocycles. The van der Waals surface area contributed by atoms with Gasteiger partial charge >= 0.3 is 0 Å². The molecule has 7 heteroatoms. The third-order valence-corrected chi connectivity index (χ3v) is 5.12. The van der Waals surface area contributed by atoms with Gasteiger partial charge in [-0.3, -0.25) is 4.79 Å². The van der Waals surface area contributed by atoms with E-state index in [4.69, 9.17) is 0 Å². The van der Waals surface area contributed by atoms with Gasteiger partial charge in [0.1, 0.15) is 0 Å². The van der Waals surface area contributed by atoms with Crippen molar-refractivity contribution in [3.63, 3.8) is 0 Å². The van der Waals surface area contributed by atoms with Crippen LogP contribution in [0.15, 0.2) is 28.7 Å². The van der Waals surface area contributed by atoms with Crippen molar-refractivity contribution in [2.75, 3.05) is 5.75 Å². The Labute approximate surface area is 138 Å². The minimum Gasteiger partial charge on any atom is -0.345 e. The zero-order valence-electron chi connectivity index (χ0n) is 12.9. The second-order valence-corrected chi connectivity index (χ2v) is 7.20. The Bertz CT molecular complexity index is 632. The lowest BCUT2D eigenvalue weighted by atomic mass is 10.3. The maximum absolute atomic E-state index is 11.8. The van der Waals surface area contributed by atoms with E-state index < -0.39 is 0 Å². The van der Waals surface area contributed by atoms with Crippen LogP contribution in [0.5, 0.6) is 0 Å². The van der Waals surface area contributed by atoms with Crippen molar-refractivity contribution >= 4 is 35.1 Å². The number of carbonyl (C=O) groups excluding carboxylic acids is 1. The molecule has 5 nitrogen and oxygen atoms in total. The molecule has 0 fully saturated rings. The zero-order chi connectivity index (χ0) is 15.9. The molecular weight excluding hydrogens is 316 g/mol. The summed E-state index contributed by atoms with van der Waals surface area (Å²) in [5, 5.41) is 14.0. The summed E-state index contributed by atoms with van der Waals surface area (Å²) in [6, 6.07) is 3.92. The first-order chi connectivity index (χ1) is 10.6. The molecule has 2 aromatic rings. The first-order valence-corrected chi connectivity index (χ1v) is 8.93. The van der Waals surface area contributed by atoms with Crippen molar-refractivity contribution in [1.82, 2.24) is 20.1 Å². The smallest absolute Gasteiger partial charge is 0.244 e. The number of hydrogen-bond donors (Lipinski definition) is 1. The van der Waals surface area contributed by atoms with Crippen molar-refractivity contribution < 1.29 is 4.79 Å². The van der Waals surface area contributed by atoms with Gasteiger partial charge in [0.05, 0.1) is 6.54 Å². The SMILES string of the molecule is CC(C)CSc1nnc(CNC(=O)/C=C/c2cccs2)n1C. The minimum atomic E-state index is -0.132. The monoisotopic (exact) mass is 336 g/mol. The van der Waals surface area contributed by atoms with Crippen LogP contribution in [0.3, 0.4) is 0 Å². The van der Waals surface area contributed by atoms with Crippen LogP contribution < -0.4 is 5.32 Å². The summed E-state index contributed by atoms with van der Waals surface area (Å²) in [5.74, 6) is 2.23. The number of thiophene rings is 1.